The van der Waals surface area contributed by atoms with Gasteiger partial charge in [0.2, 0.25) is 5.78 Å². The smallest absolute Gasteiger partial charge is 0.316 e. The molecule has 0 spiro atoms. The number of rotatable bonds is 8. The van der Waals surface area contributed by atoms with Gasteiger partial charge in [-0.15, -0.1) is 0 Å². The molecule has 2 aromatic rings. The fraction of sp³-hybridized carbons (Fsp3) is 0.528. The van der Waals surface area contributed by atoms with Crippen LogP contribution in [0.2, 0.25) is 0 Å². The molecule has 0 saturated heterocycles. The number of esters is 2. The number of ketones is 1. The summed E-state index contributed by atoms with van der Waals surface area (Å²) >= 11 is 0. The number of allylic oxidation sites excluding steroid dienone is 1. The van der Waals surface area contributed by atoms with Gasteiger partial charge in [0.05, 0.1) is 24.5 Å². The maximum Gasteiger partial charge on any atom is 0.316 e. The van der Waals surface area contributed by atoms with Crippen LogP contribution in [0.5, 0.6) is 17.2 Å². The summed E-state index contributed by atoms with van der Waals surface area (Å²) in [5.41, 5.74) is 0.258. The first kappa shape index (κ1) is 35.6. The van der Waals surface area contributed by atoms with E-state index in [2.05, 4.69) is 0 Å². The molecule has 7 heteroatoms. The van der Waals surface area contributed by atoms with Crippen LogP contribution in [0.25, 0.3) is 6.08 Å². The van der Waals surface area contributed by atoms with Gasteiger partial charge in [0, 0.05) is 22.3 Å². The number of hydrogen-bond acceptors (Lipinski definition) is 7. The molecule has 0 N–H and O–H groups in total. The van der Waals surface area contributed by atoms with E-state index < -0.39 is 21.7 Å². The summed E-state index contributed by atoms with van der Waals surface area (Å²) in [5.74, 6) is 0.379. The van der Waals surface area contributed by atoms with E-state index in [0.717, 1.165) is 11.1 Å². The first-order chi connectivity index (χ1) is 19.5. The first-order valence-corrected chi connectivity index (χ1v) is 14.7. The molecule has 0 aliphatic carbocycles. The van der Waals surface area contributed by atoms with Crippen LogP contribution in [0, 0.1) is 10.8 Å². The topological polar surface area (TPSA) is 88.1 Å². The Morgan fingerprint density at radius 2 is 1.23 bits per heavy atom. The predicted molar refractivity (Wildman–Crippen MR) is 171 cm³/mol. The number of carbonyl (C=O) groups is 3. The van der Waals surface area contributed by atoms with Gasteiger partial charge in [-0.25, -0.2) is 0 Å². The molecule has 0 unspecified atom stereocenters. The zero-order valence-corrected chi connectivity index (χ0v) is 28.5. The van der Waals surface area contributed by atoms with Gasteiger partial charge in [0.1, 0.15) is 17.2 Å². The van der Waals surface area contributed by atoms with E-state index >= 15 is 0 Å². The maximum atomic E-state index is 13.6. The monoisotopic (exact) mass is 594 g/mol. The standard InChI is InChI=1S/C36H50O7/c1-15-41-29-23(20-25(33(2,3)4)30(27(29)34(5,6)7)43-32(39)36(11,12)13)21-26(40-14)28(37)22-16-18-24(19-17-22)42-31(38)35(8,9)10/h16-21H,15H2,1-14H3. The largest absolute Gasteiger partial charge is 0.493 e. The van der Waals surface area contributed by atoms with Gasteiger partial charge in [-0.2, -0.15) is 0 Å². The van der Waals surface area contributed by atoms with E-state index in [0.29, 0.717) is 35.0 Å². The Morgan fingerprint density at radius 1 is 0.721 bits per heavy atom. The van der Waals surface area contributed by atoms with E-state index in [4.69, 9.17) is 18.9 Å². The van der Waals surface area contributed by atoms with Crippen LogP contribution in [0.1, 0.15) is 117 Å². The molecular weight excluding hydrogens is 544 g/mol. The Kier molecular flexibility index (Phi) is 10.7. The van der Waals surface area contributed by atoms with Crippen molar-refractivity contribution < 1.29 is 33.3 Å². The summed E-state index contributed by atoms with van der Waals surface area (Å²) in [5, 5.41) is 0. The lowest BCUT2D eigenvalue weighted by molar-refractivity contribution is -0.143. The fourth-order valence-electron chi connectivity index (χ4n) is 4.10. The zero-order chi connectivity index (χ0) is 33.1. The Labute approximate surface area is 257 Å². The highest BCUT2D eigenvalue weighted by Crippen LogP contribution is 2.48. The molecule has 0 atom stereocenters. The third kappa shape index (κ3) is 8.94. The van der Waals surface area contributed by atoms with Crippen LogP contribution >= 0.6 is 0 Å². The highest BCUT2D eigenvalue weighted by atomic mass is 16.5. The summed E-state index contributed by atoms with van der Waals surface area (Å²) in [4.78, 5) is 39.1. The predicted octanol–water partition coefficient (Wildman–Crippen LogP) is 8.45. The highest BCUT2D eigenvalue weighted by Gasteiger charge is 2.36. The fourth-order valence-corrected chi connectivity index (χ4v) is 4.10. The third-order valence-electron chi connectivity index (χ3n) is 6.58. The lowest BCUT2D eigenvalue weighted by Gasteiger charge is -2.33. The van der Waals surface area contributed by atoms with Crippen molar-refractivity contribution >= 4 is 23.8 Å². The summed E-state index contributed by atoms with van der Waals surface area (Å²) in [6.07, 6.45) is 1.67. The molecule has 7 nitrogen and oxygen atoms in total. The summed E-state index contributed by atoms with van der Waals surface area (Å²) in [6, 6.07) is 8.28. The Morgan fingerprint density at radius 3 is 1.65 bits per heavy atom. The molecule has 0 radical (unpaired) electrons. The van der Waals surface area contributed by atoms with Crippen LogP contribution in [-0.4, -0.2) is 31.4 Å². The number of hydrogen-bond donors (Lipinski definition) is 0. The van der Waals surface area contributed by atoms with Crippen LogP contribution in [-0.2, 0) is 25.2 Å². The molecule has 2 rings (SSSR count). The molecule has 236 valence electrons. The second kappa shape index (κ2) is 12.9. The van der Waals surface area contributed by atoms with Crippen LogP contribution in [0.15, 0.2) is 36.1 Å². The van der Waals surface area contributed by atoms with E-state index in [1.54, 1.807) is 51.1 Å². The van der Waals surface area contributed by atoms with E-state index in [1.165, 1.54) is 7.11 Å². The average molecular weight is 595 g/mol. The van der Waals surface area contributed by atoms with Gasteiger partial charge in [-0.1, -0.05) is 41.5 Å². The molecular formula is C36H50O7. The molecule has 0 aliphatic rings. The van der Waals surface area contributed by atoms with Crippen molar-refractivity contribution in [3.05, 3.63) is 58.3 Å². The van der Waals surface area contributed by atoms with Crippen molar-refractivity contribution in [1.82, 2.24) is 0 Å². The van der Waals surface area contributed by atoms with Crippen molar-refractivity contribution in [2.45, 2.75) is 101 Å². The molecule has 0 heterocycles. The van der Waals surface area contributed by atoms with Crippen molar-refractivity contribution in [1.29, 1.82) is 0 Å². The number of benzene rings is 2. The van der Waals surface area contributed by atoms with Crippen molar-refractivity contribution in [3.8, 4) is 17.2 Å². The van der Waals surface area contributed by atoms with Crippen molar-refractivity contribution in [2.24, 2.45) is 10.8 Å². The minimum atomic E-state index is -0.717. The number of methoxy groups -OCH3 is 1. The third-order valence-corrected chi connectivity index (χ3v) is 6.58. The molecule has 0 fully saturated rings. The van der Waals surface area contributed by atoms with Crippen LogP contribution < -0.4 is 14.2 Å². The summed E-state index contributed by atoms with van der Waals surface area (Å²) in [7, 11) is 1.44. The number of Topliss-reactive ketones (excluding diaryl/α,β-unsaturated/α-hetero) is 1. The average Bonchev–Trinajstić information content (AvgIpc) is 2.85. The molecule has 0 aromatic heterocycles. The maximum absolute atomic E-state index is 13.6. The summed E-state index contributed by atoms with van der Waals surface area (Å²) < 4.78 is 23.5. The molecule has 0 bridgehead atoms. The lowest BCUT2D eigenvalue weighted by atomic mass is 9.77. The zero-order valence-electron chi connectivity index (χ0n) is 28.5. The molecule has 0 aliphatic heterocycles. The van der Waals surface area contributed by atoms with Gasteiger partial charge in [-0.3, -0.25) is 14.4 Å². The first-order valence-electron chi connectivity index (χ1n) is 14.7. The van der Waals surface area contributed by atoms with Crippen LogP contribution in [0.3, 0.4) is 0 Å². The van der Waals surface area contributed by atoms with Crippen molar-refractivity contribution in [3.63, 3.8) is 0 Å². The van der Waals surface area contributed by atoms with Gasteiger partial charge in [0.25, 0.3) is 0 Å². The van der Waals surface area contributed by atoms with Gasteiger partial charge in [-0.05, 0) is 95.7 Å². The minimum absolute atomic E-state index is 0.0968. The number of ether oxygens (including phenoxy) is 4. The van der Waals surface area contributed by atoms with E-state index in [-0.39, 0.29) is 23.5 Å². The van der Waals surface area contributed by atoms with Crippen molar-refractivity contribution in [2.75, 3.05) is 13.7 Å². The number of carbonyl (C=O) groups excluding carboxylic acids is 3. The Hall–Kier alpha value is -3.61. The van der Waals surface area contributed by atoms with E-state index in [1.807, 2.05) is 75.3 Å². The second-order valence-corrected chi connectivity index (χ2v) is 14.8. The molecule has 43 heavy (non-hydrogen) atoms. The van der Waals surface area contributed by atoms with E-state index in [9.17, 15) is 14.4 Å². The molecule has 2 aromatic carbocycles. The minimum Gasteiger partial charge on any atom is -0.493 e. The lowest BCUT2D eigenvalue weighted by Crippen LogP contribution is -2.29. The molecule has 0 saturated carbocycles. The van der Waals surface area contributed by atoms with Crippen LogP contribution in [0.4, 0.5) is 0 Å². The Bertz CT molecular complexity index is 1370. The second-order valence-electron chi connectivity index (χ2n) is 14.8. The van der Waals surface area contributed by atoms with Gasteiger partial charge in [0.15, 0.2) is 5.76 Å². The Balaban J connectivity index is 2.77. The quantitative estimate of drug-likeness (QED) is 0.0996. The van der Waals surface area contributed by atoms with Gasteiger partial charge < -0.3 is 18.9 Å². The normalized spacial score (nSPS) is 12.9. The SMILES string of the molecule is CCOc1c(C=C(OC)C(=O)c2ccc(OC(=O)C(C)(C)C)cc2)cc(C(C)(C)C)c(OC(=O)C(C)(C)C)c1C(C)(C)C. The highest BCUT2D eigenvalue weighted by molar-refractivity contribution is 6.10. The molecule has 0 amide bonds. The van der Waals surface area contributed by atoms with Gasteiger partial charge >= 0.3 is 11.9 Å². The summed E-state index contributed by atoms with van der Waals surface area (Å²) in [6.45, 7) is 25.3.